The van der Waals surface area contributed by atoms with E-state index < -0.39 is 5.91 Å². The molecule has 0 aromatic heterocycles. The van der Waals surface area contributed by atoms with Gasteiger partial charge in [-0.15, -0.1) is 0 Å². The van der Waals surface area contributed by atoms with Gasteiger partial charge >= 0.3 is 0 Å². The molecule has 2 N–H and O–H groups in total. The molecule has 1 aromatic rings. The highest BCUT2D eigenvalue weighted by Gasteiger charge is 2.12. The Bertz CT molecular complexity index is 425. The summed E-state index contributed by atoms with van der Waals surface area (Å²) < 4.78 is 5.66. The first-order valence-corrected chi connectivity index (χ1v) is 7.09. The summed E-state index contributed by atoms with van der Waals surface area (Å²) in [5.41, 5.74) is 5.70. The molecular formula is C15H23N3O2. The van der Waals surface area contributed by atoms with Crippen molar-refractivity contribution in [2.75, 3.05) is 46.4 Å². The Labute approximate surface area is 120 Å². The van der Waals surface area contributed by atoms with Crippen molar-refractivity contribution in [3.8, 4) is 5.75 Å². The number of piperazine rings is 1. The fourth-order valence-electron chi connectivity index (χ4n) is 2.27. The number of carbonyl (C=O) groups excluding carboxylic acids is 1. The molecule has 0 saturated carbocycles. The van der Waals surface area contributed by atoms with Crippen molar-refractivity contribution in [1.29, 1.82) is 0 Å². The van der Waals surface area contributed by atoms with Crippen LogP contribution in [0.3, 0.4) is 0 Å². The molecular weight excluding hydrogens is 254 g/mol. The van der Waals surface area contributed by atoms with Crippen molar-refractivity contribution < 1.29 is 9.53 Å². The van der Waals surface area contributed by atoms with Gasteiger partial charge in [0.25, 0.3) is 0 Å². The molecule has 0 spiro atoms. The van der Waals surface area contributed by atoms with Crippen LogP contribution in [0.25, 0.3) is 0 Å². The quantitative estimate of drug-likeness (QED) is 0.782. The average Bonchev–Trinajstić information content (AvgIpc) is 2.46. The van der Waals surface area contributed by atoms with Gasteiger partial charge in [-0.25, -0.2) is 0 Å². The van der Waals surface area contributed by atoms with Crippen molar-refractivity contribution in [3.63, 3.8) is 0 Å². The standard InChI is InChI=1S/C15H23N3O2/c1-17-8-10-18(11-9-17)7-2-12-20-14-5-3-13(4-6-14)15(16)19/h3-6H,2,7-12H2,1H3,(H2,16,19). The number of carbonyl (C=O) groups is 1. The van der Waals surface area contributed by atoms with E-state index >= 15 is 0 Å². The number of likely N-dealkylation sites (N-methyl/N-ethyl adjacent to an activating group) is 1. The van der Waals surface area contributed by atoms with Gasteiger partial charge in [0, 0.05) is 38.3 Å². The van der Waals surface area contributed by atoms with Crippen molar-refractivity contribution in [2.24, 2.45) is 5.73 Å². The topological polar surface area (TPSA) is 58.8 Å². The second kappa shape index (κ2) is 7.26. The van der Waals surface area contributed by atoms with E-state index in [9.17, 15) is 4.79 Å². The van der Waals surface area contributed by atoms with Crippen molar-refractivity contribution in [2.45, 2.75) is 6.42 Å². The van der Waals surface area contributed by atoms with Crippen LogP contribution in [0.15, 0.2) is 24.3 Å². The first-order chi connectivity index (χ1) is 9.65. The zero-order chi connectivity index (χ0) is 14.4. The van der Waals surface area contributed by atoms with E-state index in [1.165, 1.54) is 0 Å². The highest BCUT2D eigenvalue weighted by atomic mass is 16.5. The molecule has 1 aromatic carbocycles. The molecule has 0 radical (unpaired) electrons. The molecule has 0 aliphatic carbocycles. The molecule has 1 saturated heterocycles. The number of hydrogen-bond donors (Lipinski definition) is 1. The van der Waals surface area contributed by atoms with Crippen LogP contribution >= 0.6 is 0 Å². The van der Waals surface area contributed by atoms with Gasteiger partial charge in [0.05, 0.1) is 6.61 Å². The van der Waals surface area contributed by atoms with Crippen molar-refractivity contribution in [3.05, 3.63) is 29.8 Å². The number of primary amides is 1. The lowest BCUT2D eigenvalue weighted by Gasteiger charge is -2.32. The summed E-state index contributed by atoms with van der Waals surface area (Å²) in [5.74, 6) is 0.375. The van der Waals surface area contributed by atoms with Gasteiger partial charge in [0.1, 0.15) is 5.75 Å². The predicted octanol–water partition coefficient (Wildman–Crippen LogP) is 0.802. The molecule has 20 heavy (non-hydrogen) atoms. The first-order valence-electron chi connectivity index (χ1n) is 7.09. The monoisotopic (exact) mass is 277 g/mol. The van der Waals surface area contributed by atoms with Crippen molar-refractivity contribution >= 4 is 5.91 Å². The summed E-state index contributed by atoms with van der Waals surface area (Å²) in [6.07, 6.45) is 1.02. The second-order valence-corrected chi connectivity index (χ2v) is 5.24. The van der Waals surface area contributed by atoms with E-state index in [0.29, 0.717) is 12.2 Å². The molecule has 1 aliphatic rings. The molecule has 2 rings (SSSR count). The zero-order valence-corrected chi connectivity index (χ0v) is 12.0. The van der Waals surface area contributed by atoms with Gasteiger partial charge in [0.15, 0.2) is 0 Å². The first kappa shape index (κ1) is 14.8. The SMILES string of the molecule is CN1CCN(CCCOc2ccc(C(N)=O)cc2)CC1. The van der Waals surface area contributed by atoms with Crippen LogP contribution in [-0.4, -0.2) is 62.1 Å². The van der Waals surface area contributed by atoms with Gasteiger partial charge in [-0.1, -0.05) is 0 Å². The van der Waals surface area contributed by atoms with E-state index in [1.54, 1.807) is 24.3 Å². The van der Waals surface area contributed by atoms with E-state index in [2.05, 4.69) is 16.8 Å². The minimum absolute atomic E-state index is 0.411. The molecule has 0 bridgehead atoms. The van der Waals surface area contributed by atoms with Gasteiger partial charge in [-0.2, -0.15) is 0 Å². The molecule has 1 aliphatic heterocycles. The number of ether oxygens (including phenoxy) is 1. The van der Waals surface area contributed by atoms with Gasteiger partial charge < -0.3 is 20.3 Å². The van der Waals surface area contributed by atoms with Crippen LogP contribution in [0.5, 0.6) is 5.75 Å². The zero-order valence-electron chi connectivity index (χ0n) is 12.0. The minimum atomic E-state index is -0.411. The Balaban J connectivity index is 1.64. The minimum Gasteiger partial charge on any atom is -0.494 e. The Hall–Kier alpha value is -1.59. The van der Waals surface area contributed by atoms with E-state index in [-0.39, 0.29) is 0 Å². The lowest BCUT2D eigenvalue weighted by Crippen LogP contribution is -2.44. The Kier molecular flexibility index (Phi) is 5.38. The van der Waals surface area contributed by atoms with Gasteiger partial charge in [-0.05, 0) is 37.7 Å². The largest absolute Gasteiger partial charge is 0.494 e. The summed E-state index contributed by atoms with van der Waals surface area (Å²) >= 11 is 0. The molecule has 110 valence electrons. The normalized spacial score (nSPS) is 17.1. The van der Waals surface area contributed by atoms with Crippen LogP contribution in [0.2, 0.25) is 0 Å². The van der Waals surface area contributed by atoms with Crippen LogP contribution in [0, 0.1) is 0 Å². The molecule has 1 heterocycles. The molecule has 1 fully saturated rings. The summed E-state index contributed by atoms with van der Waals surface area (Å²) in [6.45, 7) is 6.36. The van der Waals surface area contributed by atoms with E-state index in [1.807, 2.05) is 0 Å². The molecule has 5 nitrogen and oxygen atoms in total. The second-order valence-electron chi connectivity index (χ2n) is 5.24. The maximum atomic E-state index is 10.9. The fraction of sp³-hybridized carbons (Fsp3) is 0.533. The summed E-state index contributed by atoms with van der Waals surface area (Å²) in [4.78, 5) is 15.8. The number of amides is 1. The molecule has 5 heteroatoms. The summed E-state index contributed by atoms with van der Waals surface area (Å²) in [6, 6.07) is 6.96. The smallest absolute Gasteiger partial charge is 0.248 e. The van der Waals surface area contributed by atoms with Crippen molar-refractivity contribution in [1.82, 2.24) is 9.80 Å². The third-order valence-corrected chi connectivity index (χ3v) is 3.62. The highest BCUT2D eigenvalue weighted by molar-refractivity contribution is 5.92. The molecule has 0 unspecified atom stereocenters. The number of benzene rings is 1. The predicted molar refractivity (Wildman–Crippen MR) is 79.0 cm³/mol. The number of nitrogens with zero attached hydrogens (tertiary/aromatic N) is 2. The molecule has 0 atom stereocenters. The Morgan fingerprint density at radius 3 is 2.45 bits per heavy atom. The number of rotatable bonds is 6. The fourth-order valence-corrected chi connectivity index (χ4v) is 2.27. The Morgan fingerprint density at radius 1 is 1.20 bits per heavy atom. The summed E-state index contributed by atoms with van der Waals surface area (Å²) in [7, 11) is 2.16. The maximum Gasteiger partial charge on any atom is 0.248 e. The highest BCUT2D eigenvalue weighted by Crippen LogP contribution is 2.12. The van der Waals surface area contributed by atoms with Crippen LogP contribution < -0.4 is 10.5 Å². The van der Waals surface area contributed by atoms with E-state index in [4.69, 9.17) is 10.5 Å². The molecule has 1 amide bonds. The third-order valence-electron chi connectivity index (χ3n) is 3.62. The Morgan fingerprint density at radius 2 is 1.85 bits per heavy atom. The van der Waals surface area contributed by atoms with Crippen LogP contribution in [-0.2, 0) is 0 Å². The van der Waals surface area contributed by atoms with Gasteiger partial charge in [-0.3, -0.25) is 4.79 Å². The lowest BCUT2D eigenvalue weighted by molar-refractivity contribution is 0.100. The van der Waals surface area contributed by atoms with Crippen LogP contribution in [0.1, 0.15) is 16.8 Å². The number of nitrogens with two attached hydrogens (primary N) is 1. The third kappa shape index (κ3) is 4.51. The van der Waals surface area contributed by atoms with Crippen LogP contribution in [0.4, 0.5) is 0 Å². The summed E-state index contributed by atoms with van der Waals surface area (Å²) in [5, 5.41) is 0. The maximum absolute atomic E-state index is 10.9. The van der Waals surface area contributed by atoms with E-state index in [0.717, 1.165) is 44.9 Å². The van der Waals surface area contributed by atoms with Gasteiger partial charge in [0.2, 0.25) is 5.91 Å². The number of hydrogen-bond acceptors (Lipinski definition) is 4. The lowest BCUT2D eigenvalue weighted by atomic mass is 10.2. The average molecular weight is 277 g/mol.